The van der Waals surface area contributed by atoms with Crippen molar-refractivity contribution >= 4 is 22.8 Å². The lowest BCUT2D eigenvalue weighted by Crippen LogP contribution is -2.12. The van der Waals surface area contributed by atoms with Crippen LogP contribution in [0.1, 0.15) is 11.3 Å². The van der Waals surface area contributed by atoms with Crippen LogP contribution in [0.4, 0.5) is 11.9 Å². The Labute approximate surface area is 161 Å². The van der Waals surface area contributed by atoms with Crippen molar-refractivity contribution < 1.29 is 4.74 Å². The Hall–Kier alpha value is -3.74. The highest BCUT2D eigenvalue weighted by Crippen LogP contribution is 2.28. The van der Waals surface area contributed by atoms with E-state index >= 15 is 0 Å². The van der Waals surface area contributed by atoms with Crippen molar-refractivity contribution in [2.45, 2.75) is 13.8 Å². The monoisotopic (exact) mass is 373 g/mol. The number of anilines is 2. The third kappa shape index (κ3) is 3.42. The molecule has 4 aromatic rings. The summed E-state index contributed by atoms with van der Waals surface area (Å²) in [5.74, 6) is 1.27. The van der Waals surface area contributed by atoms with E-state index in [1.807, 2.05) is 50.2 Å². The molecule has 0 amide bonds. The van der Waals surface area contributed by atoms with Gasteiger partial charge in [0.15, 0.2) is 0 Å². The molecule has 0 fully saturated rings. The van der Waals surface area contributed by atoms with E-state index in [0.717, 1.165) is 27.7 Å². The number of aromatic nitrogens is 4. The quantitative estimate of drug-likeness (QED) is 0.566. The molecule has 0 atom stereocenters. The predicted octanol–water partition coefficient (Wildman–Crippen LogP) is 3.75. The second kappa shape index (κ2) is 7.11. The van der Waals surface area contributed by atoms with Gasteiger partial charge >= 0.3 is 0 Å². The lowest BCUT2D eigenvalue weighted by Gasteiger charge is -2.10. The number of nitrogens with one attached hydrogen (secondary N) is 2. The normalized spacial score (nSPS) is 10.8. The Balaban J connectivity index is 1.75. The van der Waals surface area contributed by atoms with Crippen molar-refractivity contribution in [3.05, 3.63) is 70.1 Å². The summed E-state index contributed by atoms with van der Waals surface area (Å²) in [5.41, 5.74) is 3.76. The van der Waals surface area contributed by atoms with E-state index in [1.54, 1.807) is 7.11 Å². The molecule has 0 aliphatic carbocycles. The largest absolute Gasteiger partial charge is 0.496 e. The van der Waals surface area contributed by atoms with Crippen molar-refractivity contribution in [3.63, 3.8) is 0 Å². The molecule has 7 heteroatoms. The maximum atomic E-state index is 12.2. The van der Waals surface area contributed by atoms with Crippen LogP contribution in [0, 0.1) is 13.8 Å². The fourth-order valence-electron chi connectivity index (χ4n) is 3.07. The van der Waals surface area contributed by atoms with Gasteiger partial charge in [-0.25, -0.2) is 15.0 Å². The standard InChI is InChI=1S/C21H19N5O2/c1-12-8-9-16-15(10-12)13(2)22-20(23-16)26-21-24-17(11-19(27)25-21)14-6-4-5-7-18(14)28-3/h4-11H,1-3H3,(H2,22,23,24,25,26,27). The van der Waals surface area contributed by atoms with Crippen LogP contribution >= 0.6 is 0 Å². The van der Waals surface area contributed by atoms with Crippen molar-refractivity contribution in [1.82, 2.24) is 19.9 Å². The number of methoxy groups -OCH3 is 1. The maximum absolute atomic E-state index is 12.2. The van der Waals surface area contributed by atoms with Crippen LogP contribution in [0.2, 0.25) is 0 Å². The lowest BCUT2D eigenvalue weighted by molar-refractivity contribution is 0.416. The summed E-state index contributed by atoms with van der Waals surface area (Å²) in [6.45, 7) is 3.96. The molecule has 0 saturated heterocycles. The molecule has 0 aliphatic rings. The summed E-state index contributed by atoms with van der Waals surface area (Å²) in [7, 11) is 1.58. The smallest absolute Gasteiger partial charge is 0.252 e. The van der Waals surface area contributed by atoms with Gasteiger partial charge in [0.2, 0.25) is 11.9 Å². The molecule has 0 saturated carbocycles. The van der Waals surface area contributed by atoms with Crippen molar-refractivity contribution in [3.8, 4) is 17.0 Å². The SMILES string of the molecule is COc1ccccc1-c1cc(=O)[nH]c(Nc2nc(C)c3cc(C)ccc3n2)n1. The van der Waals surface area contributed by atoms with Crippen molar-refractivity contribution in [1.29, 1.82) is 0 Å². The first-order valence-electron chi connectivity index (χ1n) is 8.80. The third-order valence-electron chi connectivity index (χ3n) is 4.40. The number of hydrogen-bond acceptors (Lipinski definition) is 6. The highest BCUT2D eigenvalue weighted by Gasteiger charge is 2.11. The lowest BCUT2D eigenvalue weighted by atomic mass is 10.1. The molecule has 0 unspecified atom stereocenters. The average molecular weight is 373 g/mol. The molecule has 2 aromatic heterocycles. The number of aromatic amines is 1. The summed E-state index contributed by atoms with van der Waals surface area (Å²) in [5, 5.41) is 4.01. The zero-order valence-electron chi connectivity index (χ0n) is 15.8. The molecule has 7 nitrogen and oxygen atoms in total. The molecule has 0 spiro atoms. The molecule has 0 radical (unpaired) electrons. The third-order valence-corrected chi connectivity index (χ3v) is 4.40. The van der Waals surface area contributed by atoms with E-state index in [2.05, 4.69) is 31.3 Å². The van der Waals surface area contributed by atoms with Crippen LogP contribution in [0.3, 0.4) is 0 Å². The first-order chi connectivity index (χ1) is 13.5. The maximum Gasteiger partial charge on any atom is 0.252 e. The molecule has 0 bridgehead atoms. The Morgan fingerprint density at radius 3 is 2.64 bits per heavy atom. The van der Waals surface area contributed by atoms with Crippen LogP contribution in [0.25, 0.3) is 22.2 Å². The van der Waals surface area contributed by atoms with E-state index in [1.165, 1.54) is 6.07 Å². The van der Waals surface area contributed by atoms with Gasteiger partial charge in [0.05, 0.1) is 24.0 Å². The Morgan fingerprint density at radius 1 is 1.00 bits per heavy atom. The summed E-state index contributed by atoms with van der Waals surface area (Å²) in [4.78, 5) is 28.4. The predicted molar refractivity (Wildman–Crippen MR) is 109 cm³/mol. The van der Waals surface area contributed by atoms with Crippen LogP contribution in [-0.4, -0.2) is 27.0 Å². The highest BCUT2D eigenvalue weighted by molar-refractivity contribution is 5.82. The molecule has 2 N–H and O–H groups in total. The zero-order valence-corrected chi connectivity index (χ0v) is 15.8. The Morgan fingerprint density at radius 2 is 1.82 bits per heavy atom. The van der Waals surface area contributed by atoms with Gasteiger partial charge in [-0.3, -0.25) is 15.1 Å². The number of nitrogens with zero attached hydrogens (tertiary/aromatic N) is 3. The van der Waals surface area contributed by atoms with Gasteiger partial charge in [-0.15, -0.1) is 0 Å². The summed E-state index contributed by atoms with van der Waals surface area (Å²) in [6.07, 6.45) is 0. The van der Waals surface area contributed by atoms with Gasteiger partial charge in [-0.2, -0.15) is 0 Å². The van der Waals surface area contributed by atoms with Crippen LogP contribution < -0.4 is 15.6 Å². The van der Waals surface area contributed by atoms with Gasteiger partial charge in [-0.1, -0.05) is 23.8 Å². The van der Waals surface area contributed by atoms with E-state index in [0.29, 0.717) is 17.4 Å². The molecular formula is C21H19N5O2. The summed E-state index contributed by atoms with van der Waals surface area (Å²) in [6, 6.07) is 14.8. The van der Waals surface area contributed by atoms with Crippen LogP contribution in [0.5, 0.6) is 5.75 Å². The average Bonchev–Trinajstić information content (AvgIpc) is 2.68. The van der Waals surface area contributed by atoms with Gasteiger partial charge < -0.3 is 4.74 Å². The molecule has 2 aromatic carbocycles. The number of aryl methyl sites for hydroxylation is 2. The molecule has 4 rings (SSSR count). The summed E-state index contributed by atoms with van der Waals surface area (Å²) >= 11 is 0. The van der Waals surface area contributed by atoms with E-state index in [9.17, 15) is 4.79 Å². The first kappa shape index (κ1) is 17.7. The minimum atomic E-state index is -0.286. The van der Waals surface area contributed by atoms with Crippen LogP contribution in [0.15, 0.2) is 53.3 Å². The molecule has 140 valence electrons. The van der Waals surface area contributed by atoms with E-state index < -0.39 is 0 Å². The van der Waals surface area contributed by atoms with Crippen molar-refractivity contribution in [2.24, 2.45) is 0 Å². The van der Waals surface area contributed by atoms with Crippen molar-refractivity contribution in [2.75, 3.05) is 12.4 Å². The summed E-state index contributed by atoms with van der Waals surface area (Å²) < 4.78 is 5.37. The Bertz CT molecular complexity index is 1230. The fourth-order valence-corrected chi connectivity index (χ4v) is 3.07. The minimum absolute atomic E-state index is 0.263. The second-order valence-electron chi connectivity index (χ2n) is 6.46. The van der Waals surface area contributed by atoms with Crippen LogP contribution in [-0.2, 0) is 0 Å². The number of fused-ring (bicyclic) bond motifs is 1. The number of para-hydroxylation sites is 1. The highest BCUT2D eigenvalue weighted by atomic mass is 16.5. The minimum Gasteiger partial charge on any atom is -0.496 e. The van der Waals surface area contributed by atoms with Gasteiger partial charge in [0.25, 0.3) is 5.56 Å². The number of hydrogen-bond donors (Lipinski definition) is 2. The number of benzene rings is 2. The van der Waals surface area contributed by atoms with Gasteiger partial charge in [0, 0.05) is 17.0 Å². The topological polar surface area (TPSA) is 92.8 Å². The first-order valence-corrected chi connectivity index (χ1v) is 8.80. The van der Waals surface area contributed by atoms with E-state index in [-0.39, 0.29) is 11.5 Å². The molecule has 0 aliphatic heterocycles. The molecule has 28 heavy (non-hydrogen) atoms. The zero-order chi connectivity index (χ0) is 19.7. The Kier molecular flexibility index (Phi) is 4.49. The van der Waals surface area contributed by atoms with E-state index in [4.69, 9.17) is 4.74 Å². The molecule has 2 heterocycles. The number of rotatable bonds is 4. The fraction of sp³-hybridized carbons (Fsp3) is 0.143. The van der Waals surface area contributed by atoms with Gasteiger partial charge in [0.1, 0.15) is 5.75 Å². The second-order valence-corrected chi connectivity index (χ2v) is 6.46. The van der Waals surface area contributed by atoms with Gasteiger partial charge in [-0.05, 0) is 38.1 Å². The molecular weight excluding hydrogens is 354 g/mol. The number of ether oxygens (including phenoxy) is 1. The number of H-pyrrole nitrogens is 1.